The largest absolute Gasteiger partial charge is 0.316 e. The van der Waals surface area contributed by atoms with Gasteiger partial charge in [-0.05, 0) is 384 Å². The van der Waals surface area contributed by atoms with Crippen LogP contribution in [0.25, 0.3) is 198 Å². The van der Waals surface area contributed by atoms with Crippen molar-refractivity contribution in [1.29, 1.82) is 0 Å². The fourth-order valence-corrected chi connectivity index (χ4v) is 24.4. The van der Waals surface area contributed by atoms with Gasteiger partial charge in [0, 0.05) is 67.9 Å². The molecule has 0 spiro atoms. The Morgan fingerprint density at radius 1 is 0.122 bits per heavy atom. The van der Waals surface area contributed by atoms with Crippen LogP contribution in [0.4, 0.5) is 0 Å². The molecular formula is C144H148N4. The standard InChI is InChI=1S/4C30H19N.12C2H6/c1-2-7-20-18(6-1)14-25-21(20)11-12-22-24-17-27-23-8-3-4-9-29(23)31-13-5-10-30(31)28(27)16-19(24)15-26(22)25;1-2-7-21-18(6-1)14-19-11-12-22-24-17-25-23-8-3-4-9-28(23)31-13-5-10-29(31)26(25)15-20(24)16-27(22)30(19)21;1-2-7-22-18(6-1)14-19-11-12-20-15-21-16-25-23-8-3-4-9-27(23)31-13-5-10-28(31)26(25)17-24(21)30(20)29(19)22;1-2-7-22-18(6-1)12-19-15-25-20(14-24(19)22)13-21-16-27-23-8-3-4-9-29(23)31-11-5-10-30(31)28(27)17-26(21)25;12*1-2/h1-13,16-17H,14-15H2;1-13,15,17H,14,16H2;1-13,16-17H,14-15H2;1-11,14-17H,12-13H2;12*1-2H3. The van der Waals surface area contributed by atoms with Gasteiger partial charge in [-0.1, -0.05) is 372 Å². The first-order chi connectivity index (χ1) is 73.4. The summed E-state index contributed by atoms with van der Waals surface area (Å²) in [5.74, 6) is 0. The molecule has 24 aromatic rings. The summed E-state index contributed by atoms with van der Waals surface area (Å²) in [5.41, 5.74) is 56.9. The highest BCUT2D eigenvalue weighted by molar-refractivity contribution is 6.19. The molecule has 0 bridgehead atoms. The van der Waals surface area contributed by atoms with Gasteiger partial charge in [0.05, 0.1) is 44.1 Å². The first-order valence-electron chi connectivity index (χ1n) is 56.2. The van der Waals surface area contributed by atoms with Crippen molar-refractivity contribution in [3.63, 3.8) is 0 Å². The first-order valence-corrected chi connectivity index (χ1v) is 56.2. The van der Waals surface area contributed by atoms with E-state index in [1.165, 1.54) is 287 Å². The number of aromatic nitrogens is 4. The molecular weight excluding hydrogens is 1790 g/mol. The Labute approximate surface area is 880 Å². The van der Waals surface area contributed by atoms with Crippen LogP contribution in [0.5, 0.6) is 0 Å². The molecule has 0 aliphatic heterocycles. The quantitative estimate of drug-likeness (QED) is 0.135. The number of benzene rings is 16. The van der Waals surface area contributed by atoms with E-state index in [0.29, 0.717) is 0 Å². The van der Waals surface area contributed by atoms with Crippen molar-refractivity contribution in [2.75, 3.05) is 0 Å². The second kappa shape index (κ2) is 46.2. The van der Waals surface area contributed by atoms with Gasteiger partial charge in [0.25, 0.3) is 0 Å². The van der Waals surface area contributed by atoms with E-state index in [1.807, 2.05) is 166 Å². The Kier molecular flexibility index (Phi) is 32.4. The zero-order valence-corrected chi connectivity index (χ0v) is 92.1. The number of pyridine rings is 4. The molecule has 8 aromatic heterocycles. The monoisotopic (exact) mass is 1930 g/mol. The summed E-state index contributed by atoms with van der Waals surface area (Å²) < 4.78 is 9.34. The van der Waals surface area contributed by atoms with Crippen LogP contribution >= 0.6 is 0 Å². The number of nitrogens with zero attached hydrogens (tertiary/aromatic N) is 4. The van der Waals surface area contributed by atoms with Crippen LogP contribution in [-0.2, 0) is 51.4 Å². The molecule has 0 saturated heterocycles. The molecule has 8 aliphatic rings. The van der Waals surface area contributed by atoms with Crippen molar-refractivity contribution in [1.82, 2.24) is 17.6 Å². The lowest BCUT2D eigenvalue weighted by Crippen LogP contribution is -1.91. The van der Waals surface area contributed by atoms with Crippen molar-refractivity contribution in [2.45, 2.75) is 218 Å². The van der Waals surface area contributed by atoms with Crippen LogP contribution in [0.15, 0.2) is 365 Å². The van der Waals surface area contributed by atoms with Gasteiger partial charge in [0.15, 0.2) is 0 Å². The third kappa shape index (κ3) is 17.4. The maximum absolute atomic E-state index is 2.47. The summed E-state index contributed by atoms with van der Waals surface area (Å²) in [6.45, 7) is 48.0. The van der Waals surface area contributed by atoms with E-state index in [-0.39, 0.29) is 0 Å². The Hall–Kier alpha value is -15.4. The molecule has 0 unspecified atom stereocenters. The zero-order valence-electron chi connectivity index (χ0n) is 92.1. The topological polar surface area (TPSA) is 17.6 Å². The van der Waals surface area contributed by atoms with Crippen molar-refractivity contribution in [3.8, 4) is 89.0 Å². The first kappa shape index (κ1) is 104. The van der Waals surface area contributed by atoms with Gasteiger partial charge in [-0.3, -0.25) is 0 Å². The molecule has 0 N–H and O–H groups in total. The molecule has 0 saturated carbocycles. The fourth-order valence-electron chi connectivity index (χ4n) is 24.4. The number of para-hydroxylation sites is 4. The lowest BCUT2D eigenvalue weighted by molar-refractivity contribution is 1.16. The van der Waals surface area contributed by atoms with Gasteiger partial charge in [0.1, 0.15) is 0 Å². The molecule has 16 aromatic carbocycles. The average Bonchev–Trinajstić information content (AvgIpc) is 1.56. The molecule has 4 nitrogen and oxygen atoms in total. The Morgan fingerprint density at radius 2 is 0.331 bits per heavy atom. The van der Waals surface area contributed by atoms with Crippen molar-refractivity contribution < 1.29 is 0 Å². The summed E-state index contributed by atoms with van der Waals surface area (Å²) in [6, 6.07) is 127. The summed E-state index contributed by atoms with van der Waals surface area (Å²) in [6.07, 6.45) is 17.1. The van der Waals surface area contributed by atoms with Gasteiger partial charge in [0.2, 0.25) is 0 Å². The summed E-state index contributed by atoms with van der Waals surface area (Å²) in [4.78, 5) is 0. The molecule has 0 atom stereocenters. The minimum Gasteiger partial charge on any atom is -0.316 e. The van der Waals surface area contributed by atoms with Crippen molar-refractivity contribution >= 4 is 109 Å². The van der Waals surface area contributed by atoms with Gasteiger partial charge in [-0.2, -0.15) is 0 Å². The van der Waals surface area contributed by atoms with Crippen molar-refractivity contribution in [2.24, 2.45) is 0 Å². The molecule has 0 radical (unpaired) electrons. The molecule has 32 rings (SSSR count). The molecule has 8 aliphatic carbocycles. The maximum Gasteiger partial charge on any atom is 0.0535 e. The highest BCUT2D eigenvalue weighted by Gasteiger charge is 2.35. The van der Waals surface area contributed by atoms with Gasteiger partial charge < -0.3 is 17.6 Å². The summed E-state index contributed by atoms with van der Waals surface area (Å²) in [5, 5.41) is 16.2. The highest BCUT2D eigenvalue weighted by atomic mass is 14.9. The predicted molar refractivity (Wildman–Crippen MR) is 652 cm³/mol. The molecule has 744 valence electrons. The molecule has 8 heterocycles. The van der Waals surface area contributed by atoms with Gasteiger partial charge in [-0.15, -0.1) is 0 Å². The predicted octanol–water partition coefficient (Wildman–Crippen LogP) is 41.9. The number of fused-ring (bicyclic) bond motifs is 51. The lowest BCUT2D eigenvalue weighted by Gasteiger charge is -2.13. The van der Waals surface area contributed by atoms with Crippen molar-refractivity contribution in [3.05, 3.63) is 454 Å². The van der Waals surface area contributed by atoms with E-state index in [2.05, 4.69) is 382 Å². The molecule has 0 amide bonds. The van der Waals surface area contributed by atoms with E-state index in [9.17, 15) is 0 Å². The van der Waals surface area contributed by atoms with Crippen LogP contribution in [0, 0.1) is 0 Å². The summed E-state index contributed by atoms with van der Waals surface area (Å²) >= 11 is 0. The fraction of sp³-hybridized carbons (Fsp3) is 0.222. The molecule has 4 heteroatoms. The minimum absolute atomic E-state index is 1.02. The zero-order chi connectivity index (χ0) is 104. The second-order valence-corrected chi connectivity index (χ2v) is 35.9. The maximum atomic E-state index is 2.47. The van der Waals surface area contributed by atoms with E-state index in [0.717, 1.165) is 51.4 Å². The highest BCUT2D eigenvalue weighted by Crippen LogP contribution is 2.55. The Morgan fingerprint density at radius 3 is 0.757 bits per heavy atom. The molecule has 148 heavy (non-hydrogen) atoms. The van der Waals surface area contributed by atoms with Crippen LogP contribution in [0.3, 0.4) is 0 Å². The van der Waals surface area contributed by atoms with E-state index in [4.69, 9.17) is 0 Å². The number of rotatable bonds is 0. The second-order valence-electron chi connectivity index (χ2n) is 35.9. The van der Waals surface area contributed by atoms with Crippen LogP contribution in [0.2, 0.25) is 0 Å². The Balaban J connectivity index is 0.000000126. The van der Waals surface area contributed by atoms with Crippen LogP contribution in [-0.4, -0.2) is 17.6 Å². The molecule has 0 fully saturated rings. The van der Waals surface area contributed by atoms with Gasteiger partial charge >= 0.3 is 0 Å². The van der Waals surface area contributed by atoms with Gasteiger partial charge in [-0.25, -0.2) is 0 Å². The third-order valence-electron chi connectivity index (χ3n) is 29.8. The lowest BCUT2D eigenvalue weighted by atomic mass is 9.92. The third-order valence-corrected chi connectivity index (χ3v) is 29.8. The van der Waals surface area contributed by atoms with Crippen LogP contribution < -0.4 is 0 Å². The smallest absolute Gasteiger partial charge is 0.0535 e. The number of hydrogen-bond donors (Lipinski definition) is 0. The van der Waals surface area contributed by atoms with E-state index < -0.39 is 0 Å². The van der Waals surface area contributed by atoms with Crippen LogP contribution in [0.1, 0.15) is 255 Å². The minimum atomic E-state index is 1.02. The normalized spacial score (nSPS) is 11.8. The SMILES string of the molecule is CC.CC.CC.CC.CC.CC.CC.CC.CC.CC.CC.CC.c1ccc2c(c1)Cc1c-2ccc2c1Cc1cc3c(cc1-2)c1ccccc1n1cccc31.c1ccc2c(c1)Cc1cc3c(cc1-2)Cc1cc2c4ccccc4n4cccc4c2cc1-3.c1ccc2c(c1)Cc1ccc3c(c1-2)-c1cc2c(cc1C3)c1ccccc1n1cccc21.c1ccc2c(c1)Cc1ccc3c(c1-2)Cc1cc2c(cc1-3)c1ccccc1n1cccc21. The summed E-state index contributed by atoms with van der Waals surface area (Å²) in [7, 11) is 0. The number of hydrogen-bond acceptors (Lipinski definition) is 0. The average molecular weight is 1930 g/mol. The van der Waals surface area contributed by atoms with E-state index >= 15 is 0 Å². The van der Waals surface area contributed by atoms with E-state index in [1.54, 1.807) is 0 Å². The Bertz CT molecular complexity index is 9010.